The average molecular weight is 382 g/mol. The van der Waals surface area contributed by atoms with Crippen LogP contribution in [0.25, 0.3) is 0 Å². The summed E-state index contributed by atoms with van der Waals surface area (Å²) in [5.74, 6) is 0.168. The number of rotatable bonds is 4. The van der Waals surface area contributed by atoms with E-state index < -0.39 is 0 Å². The first-order valence-electron chi connectivity index (χ1n) is 5.94. The molecule has 2 rings (SSSR count). The summed E-state index contributed by atoms with van der Waals surface area (Å²) in [6.07, 6.45) is 3.76. The van der Waals surface area contributed by atoms with Crippen LogP contribution in [0.2, 0.25) is 0 Å². The molecule has 2 heterocycles. The summed E-state index contributed by atoms with van der Waals surface area (Å²) in [6, 6.07) is 1.45. The van der Waals surface area contributed by atoms with Gasteiger partial charge in [-0.25, -0.2) is 9.37 Å². The van der Waals surface area contributed by atoms with Crippen molar-refractivity contribution in [2.45, 2.75) is 18.9 Å². The summed E-state index contributed by atoms with van der Waals surface area (Å²) in [7, 11) is 0. The van der Waals surface area contributed by atoms with Crippen LogP contribution in [0.5, 0.6) is 0 Å². The second kappa shape index (κ2) is 6.82. The van der Waals surface area contributed by atoms with E-state index in [4.69, 9.17) is 4.74 Å². The second-order valence-corrected chi connectivity index (χ2v) is 5.91. The number of piperidine rings is 1. The molecule has 0 saturated carbocycles. The molecular formula is C12H15Br2FN2O. The van der Waals surface area contributed by atoms with Crippen LogP contribution < -0.4 is 4.90 Å². The third kappa shape index (κ3) is 3.65. The highest BCUT2D eigenvalue weighted by Crippen LogP contribution is 2.24. The third-order valence-electron chi connectivity index (χ3n) is 2.96. The van der Waals surface area contributed by atoms with Crippen molar-refractivity contribution in [3.8, 4) is 0 Å². The van der Waals surface area contributed by atoms with Gasteiger partial charge in [-0.3, -0.25) is 0 Å². The van der Waals surface area contributed by atoms with E-state index in [0.29, 0.717) is 10.3 Å². The van der Waals surface area contributed by atoms with E-state index in [1.165, 1.54) is 6.07 Å². The Morgan fingerprint density at radius 3 is 2.78 bits per heavy atom. The Morgan fingerprint density at radius 1 is 1.44 bits per heavy atom. The highest BCUT2D eigenvalue weighted by molar-refractivity contribution is 9.10. The number of pyridine rings is 1. The van der Waals surface area contributed by atoms with Gasteiger partial charge in [0.1, 0.15) is 0 Å². The van der Waals surface area contributed by atoms with Gasteiger partial charge in [0.2, 0.25) is 0 Å². The quantitative estimate of drug-likeness (QED) is 0.747. The van der Waals surface area contributed by atoms with E-state index in [-0.39, 0.29) is 11.9 Å². The lowest BCUT2D eigenvalue weighted by molar-refractivity contribution is 0.0479. The number of halogens is 3. The van der Waals surface area contributed by atoms with E-state index in [1.54, 1.807) is 6.20 Å². The number of aromatic nitrogens is 1. The normalized spacial score (nSPS) is 17.2. The Labute approximate surface area is 123 Å². The number of alkyl halides is 1. The van der Waals surface area contributed by atoms with Crippen LogP contribution in [0.15, 0.2) is 16.7 Å². The molecule has 0 aromatic carbocycles. The molecule has 0 spiro atoms. The molecule has 0 unspecified atom stereocenters. The Bertz CT molecular complexity index is 398. The van der Waals surface area contributed by atoms with Gasteiger partial charge < -0.3 is 9.64 Å². The first-order valence-corrected chi connectivity index (χ1v) is 7.85. The summed E-state index contributed by atoms with van der Waals surface area (Å²) in [4.78, 5) is 6.13. The number of anilines is 1. The van der Waals surface area contributed by atoms with Crippen molar-refractivity contribution in [3.05, 3.63) is 22.6 Å². The molecule has 0 aliphatic carbocycles. The van der Waals surface area contributed by atoms with Crippen LogP contribution in [0.4, 0.5) is 10.2 Å². The molecule has 1 aliphatic rings. The monoisotopic (exact) mass is 380 g/mol. The first-order chi connectivity index (χ1) is 8.70. The van der Waals surface area contributed by atoms with Gasteiger partial charge in [-0.1, -0.05) is 15.9 Å². The molecule has 0 amide bonds. The maximum atomic E-state index is 13.8. The van der Waals surface area contributed by atoms with E-state index in [1.807, 2.05) is 4.90 Å². The molecule has 1 aromatic heterocycles. The molecule has 18 heavy (non-hydrogen) atoms. The molecular weight excluding hydrogens is 367 g/mol. The van der Waals surface area contributed by atoms with Gasteiger partial charge in [0.05, 0.1) is 12.7 Å². The van der Waals surface area contributed by atoms with Gasteiger partial charge in [0.15, 0.2) is 11.6 Å². The number of nitrogens with zero attached hydrogens (tertiary/aromatic N) is 2. The predicted octanol–water partition coefficient (Wildman–Crippen LogP) is 3.36. The highest BCUT2D eigenvalue weighted by atomic mass is 79.9. The minimum Gasteiger partial charge on any atom is -0.377 e. The summed E-state index contributed by atoms with van der Waals surface area (Å²) < 4.78 is 20.1. The van der Waals surface area contributed by atoms with Crippen LogP contribution in [0, 0.1) is 5.82 Å². The topological polar surface area (TPSA) is 25.4 Å². The van der Waals surface area contributed by atoms with Gasteiger partial charge in [-0.15, -0.1) is 0 Å². The zero-order chi connectivity index (χ0) is 13.0. The summed E-state index contributed by atoms with van der Waals surface area (Å²) >= 11 is 6.55. The maximum Gasteiger partial charge on any atom is 0.166 e. The van der Waals surface area contributed by atoms with Crippen molar-refractivity contribution >= 4 is 37.7 Å². The maximum absolute atomic E-state index is 13.8. The second-order valence-electron chi connectivity index (χ2n) is 4.21. The largest absolute Gasteiger partial charge is 0.377 e. The van der Waals surface area contributed by atoms with Gasteiger partial charge in [0, 0.05) is 29.1 Å². The molecule has 0 N–H and O–H groups in total. The number of hydrogen-bond donors (Lipinski definition) is 0. The number of hydrogen-bond acceptors (Lipinski definition) is 3. The van der Waals surface area contributed by atoms with Crippen LogP contribution in [0.1, 0.15) is 12.8 Å². The Kier molecular flexibility index (Phi) is 5.38. The summed E-state index contributed by atoms with van der Waals surface area (Å²) in [5, 5.41) is 0.857. The van der Waals surface area contributed by atoms with Crippen molar-refractivity contribution in [1.82, 2.24) is 4.98 Å². The first kappa shape index (κ1) is 14.2. The molecule has 3 nitrogen and oxygen atoms in total. The van der Waals surface area contributed by atoms with Crippen molar-refractivity contribution in [1.29, 1.82) is 0 Å². The van der Waals surface area contributed by atoms with Gasteiger partial charge in [-0.05, 0) is 34.8 Å². The Hall–Kier alpha value is -0.200. The molecule has 0 atom stereocenters. The molecule has 1 saturated heterocycles. The van der Waals surface area contributed by atoms with Crippen LogP contribution in [-0.4, -0.2) is 36.1 Å². The lowest BCUT2D eigenvalue weighted by Gasteiger charge is -2.32. The molecule has 6 heteroatoms. The van der Waals surface area contributed by atoms with Gasteiger partial charge in [-0.2, -0.15) is 0 Å². The Morgan fingerprint density at radius 2 is 2.17 bits per heavy atom. The van der Waals surface area contributed by atoms with E-state index in [2.05, 4.69) is 36.8 Å². The van der Waals surface area contributed by atoms with E-state index in [0.717, 1.165) is 37.9 Å². The fourth-order valence-corrected chi connectivity index (χ4v) is 2.58. The minimum absolute atomic E-state index is 0.274. The molecule has 1 aliphatic heterocycles. The van der Waals surface area contributed by atoms with Crippen molar-refractivity contribution in [2.24, 2.45) is 0 Å². The lowest BCUT2D eigenvalue weighted by Crippen LogP contribution is -2.38. The lowest BCUT2D eigenvalue weighted by atomic mass is 10.1. The Balaban J connectivity index is 1.93. The SMILES string of the molecule is Fc1cc(Br)cnc1N1CCC(OCCBr)CC1. The summed E-state index contributed by atoms with van der Waals surface area (Å²) in [5.41, 5.74) is 0. The number of ether oxygens (including phenoxy) is 1. The van der Waals surface area contributed by atoms with Crippen LogP contribution in [-0.2, 0) is 4.74 Å². The fraction of sp³-hybridized carbons (Fsp3) is 0.583. The van der Waals surface area contributed by atoms with E-state index in [9.17, 15) is 4.39 Å². The third-order valence-corrected chi connectivity index (χ3v) is 3.72. The molecule has 1 aromatic rings. The molecule has 0 bridgehead atoms. The minimum atomic E-state index is -0.274. The standard InChI is InChI=1S/C12H15Br2FN2O/c13-3-6-18-10-1-4-17(5-2-10)12-11(15)7-9(14)8-16-12/h7-8,10H,1-6H2. The molecule has 100 valence electrons. The smallest absolute Gasteiger partial charge is 0.166 e. The van der Waals surface area contributed by atoms with Crippen molar-refractivity contribution < 1.29 is 9.13 Å². The summed E-state index contributed by atoms with van der Waals surface area (Å²) in [6.45, 7) is 2.31. The average Bonchev–Trinajstić information content (AvgIpc) is 2.37. The molecule has 1 fully saturated rings. The van der Waals surface area contributed by atoms with Gasteiger partial charge in [0.25, 0.3) is 0 Å². The predicted molar refractivity (Wildman–Crippen MR) is 76.9 cm³/mol. The van der Waals surface area contributed by atoms with Crippen molar-refractivity contribution in [2.75, 3.05) is 29.9 Å². The molecule has 0 radical (unpaired) electrons. The van der Waals surface area contributed by atoms with E-state index >= 15 is 0 Å². The van der Waals surface area contributed by atoms with Crippen molar-refractivity contribution in [3.63, 3.8) is 0 Å². The van der Waals surface area contributed by atoms with Gasteiger partial charge >= 0.3 is 0 Å². The zero-order valence-corrected chi connectivity index (χ0v) is 13.1. The zero-order valence-electron chi connectivity index (χ0n) is 9.91. The van der Waals surface area contributed by atoms with Crippen LogP contribution in [0.3, 0.4) is 0 Å². The fourth-order valence-electron chi connectivity index (χ4n) is 2.09. The van der Waals surface area contributed by atoms with Crippen LogP contribution >= 0.6 is 31.9 Å². The highest BCUT2D eigenvalue weighted by Gasteiger charge is 2.22.